The summed E-state index contributed by atoms with van der Waals surface area (Å²) in [5.41, 5.74) is 0.797. The normalized spacial score (nSPS) is 12.0. The van der Waals surface area contributed by atoms with Crippen LogP contribution in [0.4, 0.5) is 5.13 Å². The van der Waals surface area contributed by atoms with Crippen LogP contribution in [0.25, 0.3) is 0 Å². The van der Waals surface area contributed by atoms with Gasteiger partial charge in [-0.1, -0.05) is 40.6 Å². The molecule has 8 heteroatoms. The van der Waals surface area contributed by atoms with Crippen LogP contribution in [0, 0.1) is 0 Å². The number of aromatic nitrogens is 2. The Labute approximate surface area is 136 Å². The summed E-state index contributed by atoms with van der Waals surface area (Å²) in [6, 6.07) is 4.92. The number of nitrogens with one attached hydrogen (secondary N) is 2. The van der Waals surface area contributed by atoms with Crippen LogP contribution in [0.5, 0.6) is 0 Å². The Morgan fingerprint density at radius 2 is 2.14 bits per heavy atom. The van der Waals surface area contributed by atoms with E-state index in [1.165, 1.54) is 11.3 Å². The van der Waals surface area contributed by atoms with Crippen molar-refractivity contribution >= 4 is 45.6 Å². The molecule has 0 saturated heterocycles. The number of carbonyl (C=O) groups is 1. The fraction of sp³-hybridized carbons (Fsp3) is 0.308. The first kappa shape index (κ1) is 16.0. The molecule has 0 aliphatic rings. The number of benzene rings is 1. The van der Waals surface area contributed by atoms with Crippen LogP contribution in [0.2, 0.25) is 10.0 Å². The number of amides is 1. The number of hydrogen-bond acceptors (Lipinski definition) is 5. The molecule has 1 amide bonds. The minimum atomic E-state index is -0.282. The Balaban J connectivity index is 2.07. The molecule has 0 bridgehead atoms. The fourth-order valence-corrected chi connectivity index (χ4v) is 3.01. The maximum absolute atomic E-state index is 12.1. The van der Waals surface area contributed by atoms with Crippen molar-refractivity contribution in [1.29, 1.82) is 0 Å². The van der Waals surface area contributed by atoms with Gasteiger partial charge < -0.3 is 10.6 Å². The first-order valence-electron chi connectivity index (χ1n) is 6.34. The topological polar surface area (TPSA) is 66.9 Å². The van der Waals surface area contributed by atoms with Crippen molar-refractivity contribution in [1.82, 2.24) is 15.5 Å². The molecule has 1 atom stereocenters. The zero-order valence-corrected chi connectivity index (χ0v) is 13.8. The molecule has 0 radical (unpaired) electrons. The van der Waals surface area contributed by atoms with E-state index in [0.717, 1.165) is 12.1 Å². The van der Waals surface area contributed by atoms with Gasteiger partial charge >= 0.3 is 0 Å². The highest BCUT2D eigenvalue weighted by molar-refractivity contribution is 7.17. The third kappa shape index (κ3) is 4.06. The minimum absolute atomic E-state index is 0.256. The van der Waals surface area contributed by atoms with E-state index in [1.54, 1.807) is 18.2 Å². The quantitative estimate of drug-likeness (QED) is 0.866. The van der Waals surface area contributed by atoms with Crippen LogP contribution in [0.15, 0.2) is 18.2 Å². The molecule has 0 spiro atoms. The average molecular weight is 345 g/mol. The number of halogens is 2. The number of rotatable bonds is 5. The van der Waals surface area contributed by atoms with Crippen molar-refractivity contribution in [3.05, 3.63) is 38.8 Å². The van der Waals surface area contributed by atoms with Gasteiger partial charge in [0.2, 0.25) is 10.1 Å². The van der Waals surface area contributed by atoms with Crippen molar-refractivity contribution < 1.29 is 4.79 Å². The summed E-state index contributed by atoms with van der Waals surface area (Å²) < 4.78 is 0. The molecule has 0 saturated carbocycles. The third-order valence-corrected chi connectivity index (χ3v) is 4.17. The molecule has 0 aliphatic carbocycles. The van der Waals surface area contributed by atoms with Gasteiger partial charge in [0.15, 0.2) is 0 Å². The van der Waals surface area contributed by atoms with Crippen molar-refractivity contribution in [3.8, 4) is 0 Å². The van der Waals surface area contributed by atoms with Gasteiger partial charge in [0.05, 0.1) is 6.04 Å². The van der Waals surface area contributed by atoms with E-state index in [1.807, 2.05) is 13.8 Å². The SMILES string of the molecule is CCNc1nnc(C(=O)NC(C)c2ccc(Cl)cc2Cl)s1. The predicted molar refractivity (Wildman–Crippen MR) is 86.4 cm³/mol. The highest BCUT2D eigenvalue weighted by atomic mass is 35.5. The number of nitrogens with zero attached hydrogens (tertiary/aromatic N) is 2. The highest BCUT2D eigenvalue weighted by Gasteiger charge is 2.17. The summed E-state index contributed by atoms with van der Waals surface area (Å²) in [5, 5.41) is 15.6. The summed E-state index contributed by atoms with van der Waals surface area (Å²) in [4.78, 5) is 12.1. The average Bonchev–Trinajstić information content (AvgIpc) is 2.87. The molecule has 1 aromatic heterocycles. The first-order valence-corrected chi connectivity index (χ1v) is 7.91. The molecule has 112 valence electrons. The lowest BCUT2D eigenvalue weighted by atomic mass is 10.1. The van der Waals surface area contributed by atoms with Crippen molar-refractivity contribution in [2.75, 3.05) is 11.9 Å². The molecule has 2 N–H and O–H groups in total. The van der Waals surface area contributed by atoms with E-state index in [0.29, 0.717) is 20.2 Å². The monoisotopic (exact) mass is 344 g/mol. The Kier molecular flexibility index (Phi) is 5.39. The fourth-order valence-electron chi connectivity index (χ4n) is 1.73. The summed E-state index contributed by atoms with van der Waals surface area (Å²) in [6.45, 7) is 4.53. The maximum atomic E-state index is 12.1. The molecular weight excluding hydrogens is 331 g/mol. The number of anilines is 1. The second-order valence-corrected chi connectivity index (χ2v) is 6.12. The van der Waals surface area contributed by atoms with Gasteiger partial charge in [-0.05, 0) is 31.5 Å². The maximum Gasteiger partial charge on any atom is 0.282 e. The van der Waals surface area contributed by atoms with Gasteiger partial charge in [0.25, 0.3) is 5.91 Å². The largest absolute Gasteiger partial charge is 0.360 e. The molecule has 21 heavy (non-hydrogen) atoms. The zero-order valence-electron chi connectivity index (χ0n) is 11.5. The molecule has 1 aromatic carbocycles. The second kappa shape index (κ2) is 7.06. The molecule has 2 rings (SSSR count). The Morgan fingerprint density at radius 3 is 2.81 bits per heavy atom. The van der Waals surface area contributed by atoms with Gasteiger partial charge in [0.1, 0.15) is 0 Å². The van der Waals surface area contributed by atoms with Crippen LogP contribution >= 0.6 is 34.5 Å². The summed E-state index contributed by atoms with van der Waals surface area (Å²) in [7, 11) is 0. The van der Waals surface area contributed by atoms with Gasteiger partial charge in [-0.2, -0.15) is 0 Å². The lowest BCUT2D eigenvalue weighted by molar-refractivity contribution is 0.0939. The lowest BCUT2D eigenvalue weighted by Crippen LogP contribution is -2.26. The van der Waals surface area contributed by atoms with Crippen LogP contribution < -0.4 is 10.6 Å². The number of carbonyl (C=O) groups excluding carboxylic acids is 1. The van der Waals surface area contributed by atoms with Crippen LogP contribution in [0.1, 0.15) is 35.3 Å². The molecule has 0 aliphatic heterocycles. The zero-order chi connectivity index (χ0) is 15.4. The molecule has 2 aromatic rings. The highest BCUT2D eigenvalue weighted by Crippen LogP contribution is 2.26. The summed E-state index contributed by atoms with van der Waals surface area (Å²) in [6.07, 6.45) is 0. The number of hydrogen-bond donors (Lipinski definition) is 2. The van der Waals surface area contributed by atoms with E-state index in [4.69, 9.17) is 23.2 Å². The predicted octanol–water partition coefficient (Wildman–Crippen LogP) is 3.77. The van der Waals surface area contributed by atoms with Crippen LogP contribution in [0.3, 0.4) is 0 Å². The van der Waals surface area contributed by atoms with Crippen LogP contribution in [-0.2, 0) is 0 Å². The molecule has 5 nitrogen and oxygen atoms in total. The van der Waals surface area contributed by atoms with Gasteiger partial charge in [-0.3, -0.25) is 4.79 Å². The standard InChI is InChI=1S/C13H14Cl2N4OS/c1-3-16-13-19-18-12(21-13)11(20)17-7(2)9-5-4-8(14)6-10(9)15/h4-7H,3H2,1-2H3,(H,16,19)(H,17,20). The van der Waals surface area contributed by atoms with Gasteiger partial charge in [-0.15, -0.1) is 10.2 Å². The Morgan fingerprint density at radius 1 is 1.38 bits per heavy atom. The second-order valence-electron chi connectivity index (χ2n) is 4.30. The first-order chi connectivity index (χ1) is 10.0. The lowest BCUT2D eigenvalue weighted by Gasteiger charge is -2.14. The van der Waals surface area contributed by atoms with Crippen LogP contribution in [-0.4, -0.2) is 22.6 Å². The third-order valence-electron chi connectivity index (χ3n) is 2.72. The Hall–Kier alpha value is -1.37. The van der Waals surface area contributed by atoms with E-state index in [9.17, 15) is 4.79 Å². The minimum Gasteiger partial charge on any atom is -0.360 e. The van der Waals surface area contributed by atoms with Gasteiger partial charge in [-0.25, -0.2) is 0 Å². The molecular formula is C13H14Cl2N4OS. The van der Waals surface area contributed by atoms with Crippen molar-refractivity contribution in [2.24, 2.45) is 0 Å². The molecule has 1 heterocycles. The van der Waals surface area contributed by atoms with E-state index < -0.39 is 0 Å². The van der Waals surface area contributed by atoms with E-state index >= 15 is 0 Å². The summed E-state index contributed by atoms with van der Waals surface area (Å²) >= 11 is 13.2. The van der Waals surface area contributed by atoms with E-state index in [-0.39, 0.29) is 11.9 Å². The molecule has 0 fully saturated rings. The summed E-state index contributed by atoms with van der Waals surface area (Å²) in [5.74, 6) is -0.282. The van der Waals surface area contributed by atoms with E-state index in [2.05, 4.69) is 20.8 Å². The van der Waals surface area contributed by atoms with Crippen molar-refractivity contribution in [3.63, 3.8) is 0 Å². The Bertz CT molecular complexity index is 647. The van der Waals surface area contributed by atoms with Crippen molar-refractivity contribution in [2.45, 2.75) is 19.9 Å². The molecule has 1 unspecified atom stereocenters. The van der Waals surface area contributed by atoms with Gasteiger partial charge in [0, 0.05) is 16.6 Å². The smallest absolute Gasteiger partial charge is 0.282 e.